The van der Waals surface area contributed by atoms with E-state index in [0.29, 0.717) is 22.0 Å². The van der Waals surface area contributed by atoms with Crippen molar-refractivity contribution in [1.29, 1.82) is 0 Å². The van der Waals surface area contributed by atoms with Crippen molar-refractivity contribution in [2.75, 3.05) is 10.0 Å². The fraction of sp³-hybridized carbons (Fsp3) is 0.105. The van der Waals surface area contributed by atoms with Crippen LogP contribution in [0.2, 0.25) is 10.0 Å². The molecule has 0 radical (unpaired) electrons. The minimum atomic E-state index is -3.91. The maximum absolute atomic E-state index is 12.9. The number of aryl methyl sites for hydroxylation is 1. The summed E-state index contributed by atoms with van der Waals surface area (Å²) in [7, 11) is -3.91. The number of amides is 1. The van der Waals surface area contributed by atoms with E-state index in [2.05, 4.69) is 10.0 Å². The number of halogens is 2. The van der Waals surface area contributed by atoms with Gasteiger partial charge in [0, 0.05) is 17.6 Å². The van der Waals surface area contributed by atoms with Crippen LogP contribution in [0.15, 0.2) is 52.7 Å². The molecule has 9 heteroatoms. The van der Waals surface area contributed by atoms with Gasteiger partial charge < -0.3 is 5.32 Å². The van der Waals surface area contributed by atoms with Gasteiger partial charge in [-0.05, 0) is 53.8 Å². The van der Waals surface area contributed by atoms with Crippen molar-refractivity contribution in [1.82, 2.24) is 0 Å². The fourth-order valence-corrected chi connectivity index (χ4v) is 5.93. The molecule has 0 bridgehead atoms. The maximum Gasteiger partial charge on any atom is 0.263 e. The Labute approximate surface area is 177 Å². The summed E-state index contributed by atoms with van der Waals surface area (Å²) >= 11 is 13.5. The lowest BCUT2D eigenvalue weighted by atomic mass is 10.1. The van der Waals surface area contributed by atoms with Gasteiger partial charge >= 0.3 is 0 Å². The lowest BCUT2D eigenvalue weighted by molar-refractivity contribution is -0.114. The van der Waals surface area contributed by atoms with Crippen LogP contribution in [0.3, 0.4) is 0 Å². The molecule has 28 heavy (non-hydrogen) atoms. The highest BCUT2D eigenvalue weighted by Crippen LogP contribution is 2.37. The highest BCUT2D eigenvalue weighted by atomic mass is 35.5. The predicted octanol–water partition coefficient (Wildman–Crippen LogP) is 5.79. The summed E-state index contributed by atoms with van der Waals surface area (Å²) in [5.41, 5.74) is 2.39. The van der Waals surface area contributed by atoms with E-state index in [9.17, 15) is 13.2 Å². The van der Waals surface area contributed by atoms with Crippen LogP contribution in [-0.4, -0.2) is 14.3 Å². The number of nitrogens with one attached hydrogen (secondary N) is 2. The van der Waals surface area contributed by atoms with E-state index in [1.807, 2.05) is 12.1 Å². The number of carbonyl (C=O) groups is 1. The Balaban J connectivity index is 1.93. The van der Waals surface area contributed by atoms with Gasteiger partial charge in [-0.3, -0.25) is 9.52 Å². The second-order valence-electron chi connectivity index (χ2n) is 6.06. The van der Waals surface area contributed by atoms with Gasteiger partial charge in [0.1, 0.15) is 4.90 Å². The Kier molecular flexibility index (Phi) is 6.00. The minimum absolute atomic E-state index is 0.00303. The normalized spacial score (nSPS) is 11.3. The van der Waals surface area contributed by atoms with Crippen LogP contribution in [0.4, 0.5) is 11.4 Å². The van der Waals surface area contributed by atoms with Crippen molar-refractivity contribution in [2.45, 2.75) is 18.7 Å². The third kappa shape index (κ3) is 4.50. The van der Waals surface area contributed by atoms with E-state index in [1.54, 1.807) is 36.6 Å². The molecule has 0 aliphatic heterocycles. The summed E-state index contributed by atoms with van der Waals surface area (Å²) in [6.07, 6.45) is 0. The number of hydrogen-bond acceptors (Lipinski definition) is 4. The van der Waals surface area contributed by atoms with Crippen molar-refractivity contribution in [3.05, 3.63) is 63.5 Å². The standard InChI is InChI=1S/C19H16Cl2N2O3S2/c1-11-9-14(20)10-16(21)19(11)28(25,26)23-17-7-8-27-18(17)13-3-5-15(6-4-13)22-12(2)24/h3-10,23H,1-2H3,(H,22,24). The number of rotatable bonds is 5. The zero-order valence-corrected chi connectivity index (χ0v) is 18.1. The number of thiophene rings is 1. The first-order valence-electron chi connectivity index (χ1n) is 8.11. The molecule has 2 N–H and O–H groups in total. The molecule has 1 aromatic heterocycles. The van der Waals surface area contributed by atoms with Gasteiger partial charge in [-0.1, -0.05) is 35.3 Å². The predicted molar refractivity (Wildman–Crippen MR) is 116 cm³/mol. The molecule has 0 saturated carbocycles. The van der Waals surface area contributed by atoms with Crippen molar-refractivity contribution in [3.8, 4) is 10.4 Å². The van der Waals surface area contributed by atoms with Crippen molar-refractivity contribution in [3.63, 3.8) is 0 Å². The van der Waals surface area contributed by atoms with Crippen LogP contribution in [0.25, 0.3) is 10.4 Å². The molecule has 2 aromatic carbocycles. The van der Waals surface area contributed by atoms with Gasteiger partial charge in [0.05, 0.1) is 15.6 Å². The topological polar surface area (TPSA) is 75.3 Å². The van der Waals surface area contributed by atoms with Crippen LogP contribution in [-0.2, 0) is 14.8 Å². The van der Waals surface area contributed by atoms with Crippen molar-refractivity contribution >= 4 is 61.8 Å². The molecule has 5 nitrogen and oxygen atoms in total. The first kappa shape index (κ1) is 20.7. The number of hydrogen-bond donors (Lipinski definition) is 2. The largest absolute Gasteiger partial charge is 0.326 e. The lowest BCUT2D eigenvalue weighted by Gasteiger charge is -2.13. The van der Waals surface area contributed by atoms with Crippen LogP contribution < -0.4 is 10.0 Å². The molecule has 0 atom stereocenters. The smallest absolute Gasteiger partial charge is 0.263 e. The summed E-state index contributed by atoms with van der Waals surface area (Å²) in [4.78, 5) is 11.9. The molecule has 0 saturated heterocycles. The van der Waals surface area contributed by atoms with Gasteiger partial charge in [0.2, 0.25) is 5.91 Å². The first-order chi connectivity index (χ1) is 13.2. The second kappa shape index (κ2) is 8.13. The number of sulfonamides is 1. The number of carbonyl (C=O) groups excluding carboxylic acids is 1. The zero-order chi connectivity index (χ0) is 20.5. The van der Waals surface area contributed by atoms with Crippen molar-refractivity contribution < 1.29 is 13.2 Å². The SMILES string of the molecule is CC(=O)Nc1ccc(-c2sccc2NS(=O)(=O)c2c(C)cc(Cl)cc2Cl)cc1. The lowest BCUT2D eigenvalue weighted by Crippen LogP contribution is -2.15. The number of anilines is 2. The van der Waals surface area contributed by atoms with Crippen molar-refractivity contribution in [2.24, 2.45) is 0 Å². The Morgan fingerprint density at radius 1 is 1.07 bits per heavy atom. The van der Waals surface area contributed by atoms with E-state index in [1.165, 1.54) is 24.3 Å². The summed E-state index contributed by atoms with van der Waals surface area (Å²) < 4.78 is 28.5. The maximum atomic E-state index is 12.9. The molecule has 3 rings (SSSR count). The first-order valence-corrected chi connectivity index (χ1v) is 11.2. The second-order valence-corrected chi connectivity index (χ2v) is 9.44. The van der Waals surface area contributed by atoms with Crippen LogP contribution in [0.1, 0.15) is 12.5 Å². The fourth-order valence-electron chi connectivity index (χ4n) is 2.75. The molecule has 0 aliphatic carbocycles. The molecule has 0 aliphatic rings. The van der Waals surface area contributed by atoms with Crippen LogP contribution >= 0.6 is 34.5 Å². The molecule has 0 spiro atoms. The monoisotopic (exact) mass is 454 g/mol. The van der Waals surface area contributed by atoms with Gasteiger partial charge in [-0.2, -0.15) is 0 Å². The van der Waals surface area contributed by atoms with Gasteiger partial charge in [0.25, 0.3) is 10.0 Å². The molecule has 1 amide bonds. The zero-order valence-electron chi connectivity index (χ0n) is 14.9. The highest BCUT2D eigenvalue weighted by Gasteiger charge is 2.23. The summed E-state index contributed by atoms with van der Waals surface area (Å²) in [6, 6.07) is 11.8. The molecular weight excluding hydrogens is 439 g/mol. The van der Waals surface area contributed by atoms with E-state index in [4.69, 9.17) is 23.2 Å². The summed E-state index contributed by atoms with van der Waals surface area (Å²) in [5, 5.41) is 4.93. The minimum Gasteiger partial charge on any atom is -0.326 e. The van der Waals surface area contributed by atoms with E-state index in [0.717, 1.165) is 10.4 Å². The molecule has 0 unspecified atom stereocenters. The third-order valence-electron chi connectivity index (χ3n) is 3.84. The van der Waals surface area contributed by atoms with Gasteiger partial charge in [-0.25, -0.2) is 8.42 Å². The molecule has 0 fully saturated rings. The highest BCUT2D eigenvalue weighted by molar-refractivity contribution is 7.93. The molecule has 3 aromatic rings. The summed E-state index contributed by atoms with van der Waals surface area (Å²) in [6.45, 7) is 3.07. The third-order valence-corrected chi connectivity index (χ3v) is 7.00. The number of benzene rings is 2. The Morgan fingerprint density at radius 2 is 1.75 bits per heavy atom. The van der Waals surface area contributed by atoms with Gasteiger partial charge in [0.15, 0.2) is 0 Å². The van der Waals surface area contributed by atoms with E-state index in [-0.39, 0.29) is 15.8 Å². The van der Waals surface area contributed by atoms with E-state index >= 15 is 0 Å². The van der Waals surface area contributed by atoms with E-state index < -0.39 is 10.0 Å². The molecule has 146 valence electrons. The molecule has 1 heterocycles. The average molecular weight is 455 g/mol. The Hall–Kier alpha value is -2.06. The Bertz CT molecular complexity index is 1120. The van der Waals surface area contributed by atoms with Crippen LogP contribution in [0, 0.1) is 6.92 Å². The quantitative estimate of drug-likeness (QED) is 0.512. The molecular formula is C19H16Cl2N2O3S2. The van der Waals surface area contributed by atoms with Crippen LogP contribution in [0.5, 0.6) is 0 Å². The van der Waals surface area contributed by atoms with Gasteiger partial charge in [-0.15, -0.1) is 11.3 Å². The Morgan fingerprint density at radius 3 is 2.36 bits per heavy atom. The summed E-state index contributed by atoms with van der Waals surface area (Å²) in [5.74, 6) is -0.160. The average Bonchev–Trinajstić information content (AvgIpc) is 3.01.